The van der Waals surface area contributed by atoms with E-state index in [0.29, 0.717) is 13.2 Å². The third kappa shape index (κ3) is 3.56. The van der Waals surface area contributed by atoms with Crippen molar-refractivity contribution in [2.45, 2.75) is 18.7 Å². The molecule has 0 saturated carbocycles. The van der Waals surface area contributed by atoms with Crippen molar-refractivity contribution in [1.82, 2.24) is 4.98 Å². The molecule has 1 aliphatic heterocycles. The third-order valence-corrected chi connectivity index (χ3v) is 6.23. The van der Waals surface area contributed by atoms with Gasteiger partial charge in [-0.2, -0.15) is 0 Å². The fraction of sp³-hybridized carbons (Fsp3) is 0.556. The molecule has 0 amide bonds. The van der Waals surface area contributed by atoms with Gasteiger partial charge < -0.3 is 9.64 Å². The van der Waals surface area contributed by atoms with Crippen LogP contribution >= 0.6 is 0 Å². The van der Waals surface area contributed by atoms with E-state index in [2.05, 4.69) is 29.0 Å². The quantitative estimate of drug-likeness (QED) is 0.600. The van der Waals surface area contributed by atoms with E-state index in [9.17, 15) is 13.2 Å². The van der Waals surface area contributed by atoms with E-state index in [1.807, 2.05) is 6.92 Å². The molecule has 0 bridgehead atoms. The van der Waals surface area contributed by atoms with Gasteiger partial charge in [0, 0.05) is 25.5 Å². The first-order valence-electron chi connectivity index (χ1n) is 8.57. The third-order valence-electron chi connectivity index (χ3n) is 5.13. The average Bonchev–Trinajstić information content (AvgIpc) is 2.98. The monoisotopic (exact) mass is 364 g/mol. The van der Waals surface area contributed by atoms with Crippen molar-refractivity contribution in [3.05, 3.63) is 30.5 Å². The number of anilines is 1. The molecule has 3 rings (SSSR count). The molecule has 1 fully saturated rings. The van der Waals surface area contributed by atoms with Gasteiger partial charge in [-0.05, 0) is 36.8 Å². The largest absolute Gasteiger partial charge is 0.466 e. The van der Waals surface area contributed by atoms with Crippen LogP contribution in [0.15, 0.2) is 35.4 Å². The normalized spacial score (nSPS) is 28.7. The molecule has 0 spiro atoms. The van der Waals surface area contributed by atoms with Crippen LogP contribution in [0.2, 0.25) is 0 Å². The predicted molar refractivity (Wildman–Crippen MR) is 95.0 cm³/mol. The number of fused-ring (bicyclic) bond motifs is 1. The van der Waals surface area contributed by atoms with E-state index < -0.39 is 9.84 Å². The number of hydrogen-bond acceptors (Lipinski definition) is 6. The standard InChI is InChI=1S/C18H24N2O4S/c1-4-24-18(21)17-12(2)5-6-13-10-20(11-15(13)17)16-8-7-14(9-19-16)25(3,22)23/h5-9,12-13,15,17H,4,10-11H2,1-3H3/t12-,13-,15+,17+/m0/s1. The summed E-state index contributed by atoms with van der Waals surface area (Å²) in [5, 5.41) is 0. The Morgan fingerprint density at radius 1 is 1.32 bits per heavy atom. The van der Waals surface area contributed by atoms with Gasteiger partial charge in [0.1, 0.15) is 5.82 Å². The Morgan fingerprint density at radius 2 is 2.08 bits per heavy atom. The lowest BCUT2D eigenvalue weighted by Gasteiger charge is -2.31. The van der Waals surface area contributed by atoms with E-state index in [0.717, 1.165) is 12.4 Å². The lowest BCUT2D eigenvalue weighted by molar-refractivity contribution is -0.151. The molecule has 1 aromatic rings. The molecule has 0 N–H and O–H groups in total. The van der Waals surface area contributed by atoms with Gasteiger partial charge in [-0.25, -0.2) is 13.4 Å². The summed E-state index contributed by atoms with van der Waals surface area (Å²) in [6.07, 6.45) is 6.86. The van der Waals surface area contributed by atoms with Crippen molar-refractivity contribution >= 4 is 21.6 Å². The van der Waals surface area contributed by atoms with Crippen LogP contribution in [0.3, 0.4) is 0 Å². The molecule has 2 heterocycles. The summed E-state index contributed by atoms with van der Waals surface area (Å²) in [7, 11) is -3.25. The van der Waals surface area contributed by atoms with Crippen LogP contribution in [0.25, 0.3) is 0 Å². The van der Waals surface area contributed by atoms with Gasteiger partial charge in [-0.15, -0.1) is 0 Å². The Balaban J connectivity index is 1.80. The van der Waals surface area contributed by atoms with Gasteiger partial charge in [0.15, 0.2) is 9.84 Å². The van der Waals surface area contributed by atoms with Gasteiger partial charge in [0.2, 0.25) is 0 Å². The van der Waals surface area contributed by atoms with Crippen LogP contribution in [0, 0.1) is 23.7 Å². The lowest BCUT2D eigenvalue weighted by atomic mass is 9.72. The first-order chi connectivity index (χ1) is 11.8. The molecule has 2 aliphatic rings. The van der Waals surface area contributed by atoms with Gasteiger partial charge in [-0.1, -0.05) is 19.1 Å². The Kier molecular flexibility index (Phi) is 4.86. The van der Waals surface area contributed by atoms with Gasteiger partial charge >= 0.3 is 5.97 Å². The summed E-state index contributed by atoms with van der Waals surface area (Å²) < 4.78 is 28.4. The number of carbonyl (C=O) groups excluding carboxylic acids is 1. The van der Waals surface area contributed by atoms with Crippen LogP contribution in [0.1, 0.15) is 13.8 Å². The zero-order valence-corrected chi connectivity index (χ0v) is 15.6. The highest BCUT2D eigenvalue weighted by atomic mass is 32.2. The number of sulfone groups is 1. The number of allylic oxidation sites excluding steroid dienone is 1. The van der Waals surface area contributed by atoms with Crippen LogP contribution in [-0.2, 0) is 19.4 Å². The molecule has 7 heteroatoms. The van der Waals surface area contributed by atoms with Crippen LogP contribution in [0.4, 0.5) is 5.82 Å². The second-order valence-corrected chi connectivity index (χ2v) is 8.89. The number of carbonyl (C=O) groups is 1. The number of hydrogen-bond donors (Lipinski definition) is 0. The molecule has 136 valence electrons. The maximum Gasteiger partial charge on any atom is 0.309 e. The zero-order valence-electron chi connectivity index (χ0n) is 14.8. The summed E-state index contributed by atoms with van der Waals surface area (Å²) in [5.41, 5.74) is 0. The maximum atomic E-state index is 12.4. The maximum absolute atomic E-state index is 12.4. The Labute approximate surface area is 148 Å². The predicted octanol–water partition coefficient (Wildman–Crippen LogP) is 1.92. The van der Waals surface area contributed by atoms with E-state index in [4.69, 9.17) is 4.74 Å². The smallest absolute Gasteiger partial charge is 0.309 e. The molecule has 1 aliphatic carbocycles. The molecule has 1 aromatic heterocycles. The van der Waals surface area contributed by atoms with Crippen molar-refractivity contribution in [3.63, 3.8) is 0 Å². The zero-order chi connectivity index (χ0) is 18.2. The van der Waals surface area contributed by atoms with Gasteiger partial charge in [0.25, 0.3) is 0 Å². The number of esters is 1. The van der Waals surface area contributed by atoms with Crippen molar-refractivity contribution < 1.29 is 17.9 Å². The molecule has 4 atom stereocenters. The molecular formula is C18H24N2O4S. The second-order valence-electron chi connectivity index (χ2n) is 6.88. The lowest BCUT2D eigenvalue weighted by Crippen LogP contribution is -2.37. The molecule has 0 aromatic carbocycles. The summed E-state index contributed by atoms with van der Waals surface area (Å²) in [5.74, 6) is 1.09. The van der Waals surface area contributed by atoms with Crippen LogP contribution in [-0.4, -0.2) is 45.3 Å². The molecular weight excluding hydrogens is 340 g/mol. The van der Waals surface area contributed by atoms with Crippen molar-refractivity contribution in [1.29, 1.82) is 0 Å². The first-order valence-corrected chi connectivity index (χ1v) is 10.5. The van der Waals surface area contributed by atoms with Crippen LogP contribution in [0.5, 0.6) is 0 Å². The molecule has 0 radical (unpaired) electrons. The highest BCUT2D eigenvalue weighted by Gasteiger charge is 2.45. The summed E-state index contributed by atoms with van der Waals surface area (Å²) in [6, 6.07) is 3.32. The Morgan fingerprint density at radius 3 is 2.68 bits per heavy atom. The molecule has 6 nitrogen and oxygen atoms in total. The molecule has 25 heavy (non-hydrogen) atoms. The van der Waals surface area contributed by atoms with Crippen molar-refractivity contribution in [3.8, 4) is 0 Å². The summed E-state index contributed by atoms with van der Waals surface area (Å²) in [6.45, 7) is 5.76. The second kappa shape index (κ2) is 6.78. The fourth-order valence-corrected chi connectivity index (χ4v) is 4.42. The minimum atomic E-state index is -3.25. The first kappa shape index (κ1) is 17.9. The Bertz CT molecular complexity index is 773. The average molecular weight is 364 g/mol. The molecule has 1 saturated heterocycles. The number of pyridine rings is 1. The summed E-state index contributed by atoms with van der Waals surface area (Å²) in [4.78, 5) is 19.0. The van der Waals surface area contributed by atoms with E-state index >= 15 is 0 Å². The van der Waals surface area contributed by atoms with Crippen molar-refractivity contribution in [2.24, 2.45) is 23.7 Å². The number of rotatable bonds is 4. The number of aromatic nitrogens is 1. The molecule has 0 unspecified atom stereocenters. The van der Waals surface area contributed by atoms with Gasteiger partial charge in [0.05, 0.1) is 17.4 Å². The minimum absolute atomic E-state index is 0.128. The highest BCUT2D eigenvalue weighted by molar-refractivity contribution is 7.90. The Hall–Kier alpha value is -1.89. The topological polar surface area (TPSA) is 76.6 Å². The highest BCUT2D eigenvalue weighted by Crippen LogP contribution is 2.41. The van der Waals surface area contributed by atoms with E-state index in [1.165, 1.54) is 12.5 Å². The van der Waals surface area contributed by atoms with E-state index in [1.54, 1.807) is 12.1 Å². The number of ether oxygens (including phenoxy) is 1. The SMILES string of the molecule is CCOC(=O)[C@H]1[C@@H]2CN(c3ccc(S(C)(=O)=O)cn3)C[C@@H]2C=C[C@@H]1C. The summed E-state index contributed by atoms with van der Waals surface area (Å²) >= 11 is 0. The number of nitrogens with zero attached hydrogens (tertiary/aromatic N) is 2. The van der Waals surface area contributed by atoms with Crippen LogP contribution < -0.4 is 4.90 Å². The fourth-order valence-electron chi connectivity index (χ4n) is 3.86. The van der Waals surface area contributed by atoms with Gasteiger partial charge in [-0.3, -0.25) is 4.79 Å². The van der Waals surface area contributed by atoms with E-state index in [-0.39, 0.29) is 34.5 Å². The van der Waals surface area contributed by atoms with Crippen molar-refractivity contribution in [2.75, 3.05) is 30.9 Å². The minimum Gasteiger partial charge on any atom is -0.466 e.